The smallest absolute Gasteiger partial charge is 0.293 e. The first kappa shape index (κ1) is 13.5. The first-order chi connectivity index (χ1) is 8.66. The third-order valence-electron chi connectivity index (χ3n) is 3.06. The summed E-state index contributed by atoms with van der Waals surface area (Å²) < 4.78 is 1.74. The molecule has 0 aliphatic carbocycles. The van der Waals surface area contributed by atoms with Crippen LogP contribution in [0.3, 0.4) is 0 Å². The molecule has 1 aliphatic heterocycles. The molecule has 1 aromatic rings. The van der Waals surface area contributed by atoms with Gasteiger partial charge in [-0.3, -0.25) is 4.79 Å². The van der Waals surface area contributed by atoms with E-state index in [9.17, 15) is 4.79 Å². The number of aromatic nitrogens is 2. The summed E-state index contributed by atoms with van der Waals surface area (Å²) in [4.78, 5) is 16.3. The molecule has 1 unspecified atom stereocenters. The van der Waals surface area contributed by atoms with E-state index in [0.29, 0.717) is 17.7 Å². The second kappa shape index (κ2) is 6.27. The van der Waals surface area contributed by atoms with Crippen molar-refractivity contribution in [3.63, 3.8) is 0 Å². The molecule has 1 fully saturated rings. The van der Waals surface area contributed by atoms with Gasteiger partial charge in [-0.2, -0.15) is 11.8 Å². The zero-order valence-corrected chi connectivity index (χ0v) is 11.9. The van der Waals surface area contributed by atoms with Crippen LogP contribution in [-0.4, -0.2) is 27.6 Å². The molecule has 0 radical (unpaired) electrons. The minimum Gasteiger partial charge on any atom is -0.365 e. The highest BCUT2D eigenvalue weighted by Gasteiger charge is 2.16. The van der Waals surface area contributed by atoms with Gasteiger partial charge in [0.15, 0.2) is 5.82 Å². The molecule has 100 valence electrons. The molecular weight excluding hydrogens is 246 g/mol. The number of thioether (sulfide) groups is 1. The van der Waals surface area contributed by atoms with Crippen LogP contribution in [0.1, 0.15) is 20.3 Å². The molecule has 5 heteroatoms. The Morgan fingerprint density at radius 1 is 1.61 bits per heavy atom. The quantitative estimate of drug-likeness (QED) is 0.887. The summed E-state index contributed by atoms with van der Waals surface area (Å²) in [7, 11) is 0. The van der Waals surface area contributed by atoms with Gasteiger partial charge in [-0.15, -0.1) is 0 Å². The van der Waals surface area contributed by atoms with Gasteiger partial charge >= 0.3 is 0 Å². The SMILES string of the molecule is CC(C)Cn1ccnc(NCC2CCSC2)c1=O. The molecule has 0 aromatic carbocycles. The highest BCUT2D eigenvalue weighted by Crippen LogP contribution is 2.23. The van der Waals surface area contributed by atoms with Crippen LogP contribution in [0, 0.1) is 11.8 Å². The Morgan fingerprint density at radius 3 is 3.11 bits per heavy atom. The first-order valence-electron chi connectivity index (χ1n) is 6.54. The van der Waals surface area contributed by atoms with Gasteiger partial charge in [0.2, 0.25) is 0 Å². The molecule has 1 atom stereocenters. The second-order valence-electron chi connectivity index (χ2n) is 5.24. The molecule has 0 saturated carbocycles. The van der Waals surface area contributed by atoms with E-state index < -0.39 is 0 Å². The van der Waals surface area contributed by atoms with Crippen molar-refractivity contribution in [3.05, 3.63) is 22.7 Å². The summed E-state index contributed by atoms with van der Waals surface area (Å²) in [6.45, 7) is 5.82. The van der Waals surface area contributed by atoms with Gasteiger partial charge in [0, 0.05) is 25.5 Å². The molecule has 0 amide bonds. The van der Waals surface area contributed by atoms with Crippen LogP contribution < -0.4 is 10.9 Å². The lowest BCUT2D eigenvalue weighted by Crippen LogP contribution is -2.27. The van der Waals surface area contributed by atoms with Crippen molar-refractivity contribution in [1.82, 2.24) is 9.55 Å². The number of hydrogen-bond donors (Lipinski definition) is 1. The van der Waals surface area contributed by atoms with E-state index in [1.54, 1.807) is 17.0 Å². The number of hydrogen-bond acceptors (Lipinski definition) is 4. The predicted molar refractivity (Wildman–Crippen MR) is 77.3 cm³/mol. The fraction of sp³-hybridized carbons (Fsp3) is 0.692. The van der Waals surface area contributed by atoms with E-state index in [2.05, 4.69) is 24.1 Å². The van der Waals surface area contributed by atoms with Gasteiger partial charge in [0.05, 0.1) is 0 Å². The standard InChI is InChI=1S/C13H21N3OS/c1-10(2)8-16-5-4-14-12(13(16)17)15-7-11-3-6-18-9-11/h4-5,10-11H,3,6-9H2,1-2H3,(H,14,15). The van der Waals surface area contributed by atoms with Gasteiger partial charge in [0.25, 0.3) is 5.56 Å². The molecular formula is C13H21N3OS. The predicted octanol–water partition coefficient (Wildman–Crippen LogP) is 2.06. The second-order valence-corrected chi connectivity index (χ2v) is 6.39. The van der Waals surface area contributed by atoms with E-state index in [4.69, 9.17) is 0 Å². The summed E-state index contributed by atoms with van der Waals surface area (Å²) in [6.07, 6.45) is 4.71. The van der Waals surface area contributed by atoms with Gasteiger partial charge in [-0.05, 0) is 29.8 Å². The van der Waals surface area contributed by atoms with Gasteiger partial charge in [-0.25, -0.2) is 4.98 Å². The Morgan fingerprint density at radius 2 is 2.44 bits per heavy atom. The monoisotopic (exact) mass is 267 g/mol. The molecule has 4 nitrogen and oxygen atoms in total. The van der Waals surface area contributed by atoms with E-state index in [-0.39, 0.29) is 5.56 Å². The Labute approximate surface area is 112 Å². The van der Waals surface area contributed by atoms with Crippen molar-refractivity contribution in [2.24, 2.45) is 11.8 Å². The molecule has 1 saturated heterocycles. The Bertz CT molecular complexity index is 438. The van der Waals surface area contributed by atoms with Crippen LogP contribution in [0.15, 0.2) is 17.2 Å². The average Bonchev–Trinajstić information content (AvgIpc) is 2.83. The average molecular weight is 267 g/mol. The van der Waals surface area contributed by atoms with Gasteiger partial charge in [0.1, 0.15) is 0 Å². The lowest BCUT2D eigenvalue weighted by molar-refractivity contribution is 0.509. The van der Waals surface area contributed by atoms with Crippen molar-refractivity contribution in [3.8, 4) is 0 Å². The van der Waals surface area contributed by atoms with Gasteiger partial charge < -0.3 is 9.88 Å². The zero-order valence-electron chi connectivity index (χ0n) is 11.1. The first-order valence-corrected chi connectivity index (χ1v) is 7.69. The van der Waals surface area contributed by atoms with Crippen LogP contribution in [0.5, 0.6) is 0 Å². The fourth-order valence-electron chi connectivity index (χ4n) is 2.09. The zero-order chi connectivity index (χ0) is 13.0. The largest absolute Gasteiger partial charge is 0.365 e. The van der Waals surface area contributed by atoms with Crippen molar-refractivity contribution in [2.75, 3.05) is 23.4 Å². The Hall–Kier alpha value is -0.970. The minimum absolute atomic E-state index is 0.00292. The number of anilines is 1. The molecule has 1 N–H and O–H groups in total. The Kier molecular flexibility index (Phi) is 4.69. The van der Waals surface area contributed by atoms with Crippen LogP contribution >= 0.6 is 11.8 Å². The number of nitrogens with zero attached hydrogens (tertiary/aromatic N) is 2. The van der Waals surface area contributed by atoms with Crippen LogP contribution in [0.4, 0.5) is 5.82 Å². The maximum absolute atomic E-state index is 12.1. The highest BCUT2D eigenvalue weighted by atomic mass is 32.2. The molecule has 1 aliphatic rings. The lowest BCUT2D eigenvalue weighted by Gasteiger charge is -2.12. The lowest BCUT2D eigenvalue weighted by atomic mass is 10.1. The fourth-order valence-corrected chi connectivity index (χ4v) is 3.38. The summed E-state index contributed by atoms with van der Waals surface area (Å²) in [6, 6.07) is 0. The summed E-state index contributed by atoms with van der Waals surface area (Å²) in [5.74, 6) is 4.07. The Balaban J connectivity index is 2.01. The van der Waals surface area contributed by atoms with E-state index >= 15 is 0 Å². The minimum atomic E-state index is -0.00292. The molecule has 0 spiro atoms. The van der Waals surface area contributed by atoms with Crippen LogP contribution in [0.2, 0.25) is 0 Å². The third kappa shape index (κ3) is 3.51. The van der Waals surface area contributed by atoms with Gasteiger partial charge in [-0.1, -0.05) is 13.8 Å². The van der Waals surface area contributed by atoms with E-state index in [1.807, 2.05) is 11.8 Å². The molecule has 18 heavy (non-hydrogen) atoms. The summed E-state index contributed by atoms with van der Waals surface area (Å²) >= 11 is 1.99. The molecule has 2 rings (SSSR count). The normalized spacial score (nSPS) is 19.4. The maximum Gasteiger partial charge on any atom is 0.293 e. The summed E-state index contributed by atoms with van der Waals surface area (Å²) in [5, 5.41) is 3.21. The third-order valence-corrected chi connectivity index (χ3v) is 4.29. The highest BCUT2D eigenvalue weighted by molar-refractivity contribution is 7.99. The molecule has 0 bridgehead atoms. The number of nitrogens with one attached hydrogen (secondary N) is 1. The summed E-state index contributed by atoms with van der Waals surface area (Å²) in [5.41, 5.74) is -0.00292. The van der Waals surface area contributed by atoms with Crippen molar-refractivity contribution in [1.29, 1.82) is 0 Å². The van der Waals surface area contributed by atoms with Crippen molar-refractivity contribution >= 4 is 17.6 Å². The van der Waals surface area contributed by atoms with Crippen LogP contribution in [0.25, 0.3) is 0 Å². The topological polar surface area (TPSA) is 46.9 Å². The van der Waals surface area contributed by atoms with E-state index in [1.165, 1.54) is 17.9 Å². The van der Waals surface area contributed by atoms with Crippen molar-refractivity contribution < 1.29 is 0 Å². The molecule has 1 aromatic heterocycles. The van der Waals surface area contributed by atoms with Crippen molar-refractivity contribution in [2.45, 2.75) is 26.8 Å². The molecule has 2 heterocycles. The number of rotatable bonds is 5. The van der Waals surface area contributed by atoms with Crippen LogP contribution in [-0.2, 0) is 6.54 Å². The maximum atomic E-state index is 12.1. The van der Waals surface area contributed by atoms with E-state index in [0.717, 1.165) is 13.1 Å².